The molecule has 0 atom stereocenters. The molecular formula is C26H28F3N5O4S. The van der Waals surface area contributed by atoms with E-state index in [1.54, 1.807) is 23.6 Å². The molecule has 0 unspecified atom stereocenters. The lowest BCUT2D eigenvalue weighted by Gasteiger charge is -2.39. The lowest BCUT2D eigenvalue weighted by atomic mass is 9.71. The molecule has 2 aromatic heterocycles. The van der Waals surface area contributed by atoms with Crippen LogP contribution in [0.4, 0.5) is 19.0 Å². The molecule has 39 heavy (non-hydrogen) atoms. The van der Waals surface area contributed by atoms with Crippen molar-refractivity contribution in [3.05, 3.63) is 51.6 Å². The summed E-state index contributed by atoms with van der Waals surface area (Å²) < 4.78 is 31.7. The zero-order valence-electron chi connectivity index (χ0n) is 21.0. The molecule has 1 spiro atoms. The van der Waals surface area contributed by atoms with Crippen LogP contribution < -0.4 is 10.6 Å². The number of thiazole rings is 1. The maximum absolute atomic E-state index is 12.7. The zero-order chi connectivity index (χ0) is 28.0. The van der Waals surface area contributed by atoms with E-state index in [1.165, 1.54) is 5.57 Å². The fourth-order valence-corrected chi connectivity index (χ4v) is 5.31. The minimum atomic E-state index is -5.08. The molecule has 2 aromatic rings. The molecule has 5 rings (SSSR count). The number of piperidine rings is 2. The molecule has 0 bridgehead atoms. The van der Waals surface area contributed by atoms with Gasteiger partial charge in [0.1, 0.15) is 5.82 Å². The van der Waals surface area contributed by atoms with Gasteiger partial charge in [-0.05, 0) is 74.5 Å². The van der Waals surface area contributed by atoms with Gasteiger partial charge < -0.3 is 20.6 Å². The fourth-order valence-electron chi connectivity index (χ4n) is 4.80. The normalized spacial score (nSPS) is 18.7. The predicted molar refractivity (Wildman–Crippen MR) is 140 cm³/mol. The monoisotopic (exact) mass is 563 g/mol. The van der Waals surface area contributed by atoms with E-state index in [1.807, 2.05) is 21.9 Å². The van der Waals surface area contributed by atoms with Gasteiger partial charge in [0.2, 0.25) is 11.8 Å². The number of amides is 2. The molecule has 0 radical (unpaired) electrons. The second-order valence-corrected chi connectivity index (χ2v) is 10.3. The Morgan fingerprint density at radius 2 is 1.85 bits per heavy atom. The van der Waals surface area contributed by atoms with Gasteiger partial charge in [0.25, 0.3) is 0 Å². The number of alkyl halides is 3. The van der Waals surface area contributed by atoms with Crippen molar-refractivity contribution in [2.45, 2.75) is 38.3 Å². The molecule has 3 aliphatic rings. The summed E-state index contributed by atoms with van der Waals surface area (Å²) in [6, 6.07) is 2.06. The average molecular weight is 564 g/mol. The highest BCUT2D eigenvalue weighted by atomic mass is 32.1. The first-order valence-corrected chi connectivity index (χ1v) is 13.4. The van der Waals surface area contributed by atoms with Gasteiger partial charge in [-0.15, -0.1) is 11.3 Å². The Morgan fingerprint density at radius 1 is 1.15 bits per heavy atom. The summed E-state index contributed by atoms with van der Waals surface area (Å²) in [5.41, 5.74) is 5.79. The van der Waals surface area contributed by atoms with Gasteiger partial charge in [-0.25, -0.2) is 14.8 Å². The third kappa shape index (κ3) is 7.30. The number of fused-ring (bicyclic) bond motifs is 1. The lowest BCUT2D eigenvalue weighted by Crippen LogP contribution is -2.48. The van der Waals surface area contributed by atoms with Crippen molar-refractivity contribution in [2.24, 2.45) is 5.41 Å². The first-order chi connectivity index (χ1) is 18.6. The summed E-state index contributed by atoms with van der Waals surface area (Å²) in [6.07, 6.45) is 6.40. The van der Waals surface area contributed by atoms with Gasteiger partial charge in [-0.2, -0.15) is 13.2 Å². The average Bonchev–Trinajstić information content (AvgIpc) is 3.42. The number of anilines is 1. The third-order valence-corrected chi connectivity index (χ3v) is 7.58. The number of carboxylic acid groups (broad SMARTS) is 1. The fraction of sp³-hybridized carbons (Fsp3) is 0.423. The molecule has 9 nitrogen and oxygen atoms in total. The van der Waals surface area contributed by atoms with Crippen molar-refractivity contribution in [1.82, 2.24) is 20.2 Å². The van der Waals surface area contributed by atoms with E-state index < -0.39 is 12.1 Å². The van der Waals surface area contributed by atoms with Crippen molar-refractivity contribution in [3.63, 3.8) is 0 Å². The Labute approximate surface area is 226 Å². The smallest absolute Gasteiger partial charge is 0.475 e. The molecule has 2 saturated heterocycles. The number of aromatic nitrogens is 2. The van der Waals surface area contributed by atoms with E-state index in [-0.39, 0.29) is 17.2 Å². The Kier molecular flexibility index (Phi) is 8.80. The minimum absolute atomic E-state index is 0.0264. The Morgan fingerprint density at radius 3 is 2.46 bits per heavy atom. The van der Waals surface area contributed by atoms with Crippen LogP contribution in [0.15, 0.2) is 34.8 Å². The highest BCUT2D eigenvalue weighted by Gasteiger charge is 2.43. The number of aliphatic carboxylic acids is 1. The van der Waals surface area contributed by atoms with Crippen LogP contribution in [-0.4, -0.2) is 70.1 Å². The molecule has 0 aromatic carbocycles. The number of hydrogen-bond acceptors (Lipinski definition) is 7. The number of nitrogens with one attached hydrogen (secondary N) is 2. The van der Waals surface area contributed by atoms with E-state index in [4.69, 9.17) is 9.90 Å². The first kappa shape index (κ1) is 28.4. The van der Waals surface area contributed by atoms with Crippen molar-refractivity contribution in [3.8, 4) is 0 Å². The lowest BCUT2D eigenvalue weighted by molar-refractivity contribution is -0.192. The van der Waals surface area contributed by atoms with Crippen LogP contribution in [0.5, 0.6) is 0 Å². The number of halogens is 3. The zero-order valence-corrected chi connectivity index (χ0v) is 21.8. The maximum Gasteiger partial charge on any atom is 0.490 e. The number of nitrogens with zero attached hydrogens (tertiary/aromatic N) is 3. The Hall–Kier alpha value is -3.58. The number of carboxylic acids is 1. The van der Waals surface area contributed by atoms with E-state index in [2.05, 4.69) is 32.7 Å². The van der Waals surface area contributed by atoms with Gasteiger partial charge >= 0.3 is 12.1 Å². The first-order valence-electron chi connectivity index (χ1n) is 12.4. The van der Waals surface area contributed by atoms with Crippen molar-refractivity contribution in [1.29, 1.82) is 0 Å². The number of hydrogen-bond donors (Lipinski definition) is 3. The highest BCUT2D eigenvalue weighted by Crippen LogP contribution is 2.39. The topological polar surface area (TPSA) is 125 Å². The largest absolute Gasteiger partial charge is 0.490 e. The van der Waals surface area contributed by atoms with E-state index >= 15 is 0 Å². The quantitative estimate of drug-likeness (QED) is 0.486. The summed E-state index contributed by atoms with van der Waals surface area (Å²) in [4.78, 5) is 44.9. The standard InChI is InChI=1S/C24H27N5O2S.C2HF3O2/c30-21(29-9-3-17(4-10-29)12-20-15-32-16-27-20)2-1-18-11-19-13-24(5-7-25-8-6-24)23(31)28-22(19)26-14-18;3-2(4,5)1(6)7/h1-2,11-12,14-16,25H,3-10,13H2,(H,26,28,31);(H,6,7). The van der Waals surface area contributed by atoms with E-state index in [0.29, 0.717) is 12.2 Å². The van der Waals surface area contributed by atoms with Gasteiger partial charge in [0.05, 0.1) is 16.6 Å². The molecule has 2 amide bonds. The molecule has 208 valence electrons. The third-order valence-electron chi connectivity index (χ3n) is 6.97. The van der Waals surface area contributed by atoms with E-state index in [0.717, 1.165) is 68.7 Å². The maximum atomic E-state index is 12.7. The SMILES string of the molecule is O=C(C=Cc1cnc2c(c1)CC1(CCNCC1)C(=O)N2)N1CCC(=Cc2cscn2)CC1.O=C(O)C(F)(F)F. The summed E-state index contributed by atoms with van der Waals surface area (Å²) in [7, 11) is 0. The van der Waals surface area contributed by atoms with Gasteiger partial charge in [0.15, 0.2) is 0 Å². The van der Waals surface area contributed by atoms with Crippen LogP contribution in [0.1, 0.15) is 42.5 Å². The number of pyridine rings is 1. The minimum Gasteiger partial charge on any atom is -0.475 e. The van der Waals surface area contributed by atoms with Gasteiger partial charge in [-0.3, -0.25) is 9.59 Å². The molecule has 5 heterocycles. The number of carbonyl (C=O) groups is 3. The number of carbonyl (C=O) groups excluding carboxylic acids is 2. The molecule has 3 N–H and O–H groups in total. The highest BCUT2D eigenvalue weighted by molar-refractivity contribution is 7.07. The molecule has 13 heteroatoms. The van der Waals surface area contributed by atoms with Gasteiger partial charge in [-0.1, -0.05) is 5.57 Å². The van der Waals surface area contributed by atoms with Gasteiger partial charge in [0, 0.05) is 30.7 Å². The second kappa shape index (κ2) is 12.1. The van der Waals surface area contributed by atoms with Crippen molar-refractivity contribution in [2.75, 3.05) is 31.5 Å². The molecule has 0 saturated carbocycles. The van der Waals surface area contributed by atoms with E-state index in [9.17, 15) is 22.8 Å². The van der Waals surface area contributed by atoms with Crippen LogP contribution >= 0.6 is 11.3 Å². The molecule has 2 fully saturated rings. The van der Waals surface area contributed by atoms with Crippen LogP contribution in [0, 0.1) is 5.41 Å². The summed E-state index contributed by atoms with van der Waals surface area (Å²) >= 11 is 1.60. The van der Waals surface area contributed by atoms with Crippen LogP contribution in [0.3, 0.4) is 0 Å². The molecule has 0 aliphatic carbocycles. The van der Waals surface area contributed by atoms with Crippen LogP contribution in [0.2, 0.25) is 0 Å². The van der Waals surface area contributed by atoms with Crippen LogP contribution in [-0.2, 0) is 20.8 Å². The van der Waals surface area contributed by atoms with Crippen molar-refractivity contribution < 1.29 is 32.7 Å². The number of likely N-dealkylation sites (tertiary alicyclic amines) is 1. The molecule has 3 aliphatic heterocycles. The summed E-state index contributed by atoms with van der Waals surface area (Å²) in [5, 5.41) is 15.5. The summed E-state index contributed by atoms with van der Waals surface area (Å²) in [5.74, 6) is -1.99. The number of rotatable bonds is 3. The Bertz CT molecular complexity index is 1260. The summed E-state index contributed by atoms with van der Waals surface area (Å²) in [6.45, 7) is 3.18. The van der Waals surface area contributed by atoms with Crippen molar-refractivity contribution >= 4 is 47.1 Å². The Balaban J connectivity index is 0.000000448. The predicted octanol–water partition coefficient (Wildman–Crippen LogP) is 3.76. The molecular weight excluding hydrogens is 535 g/mol. The van der Waals surface area contributed by atoms with Crippen LogP contribution in [0.25, 0.3) is 12.2 Å². The second-order valence-electron chi connectivity index (χ2n) is 9.62.